The van der Waals surface area contributed by atoms with Crippen molar-refractivity contribution in [2.75, 3.05) is 10.6 Å². The van der Waals surface area contributed by atoms with Crippen LogP contribution in [0.25, 0.3) is 0 Å². The Labute approximate surface area is 123 Å². The molecule has 0 bridgehead atoms. The van der Waals surface area contributed by atoms with E-state index in [1.165, 1.54) is 6.26 Å². The first-order valence-electron chi connectivity index (χ1n) is 6.85. The Balaban J connectivity index is 2.06. The SMILES string of the molecule is CCCC(=O)Nc1cccc(NC(=O)c2ccoc2C)c1. The molecular weight excluding hydrogens is 268 g/mol. The molecule has 1 aromatic heterocycles. The van der Waals surface area contributed by atoms with E-state index in [1.54, 1.807) is 37.3 Å². The molecule has 2 aromatic rings. The lowest BCUT2D eigenvalue weighted by Gasteiger charge is -2.08. The van der Waals surface area contributed by atoms with Crippen molar-refractivity contribution in [1.29, 1.82) is 0 Å². The van der Waals surface area contributed by atoms with Gasteiger partial charge < -0.3 is 15.1 Å². The smallest absolute Gasteiger partial charge is 0.259 e. The molecule has 0 atom stereocenters. The highest BCUT2D eigenvalue weighted by Crippen LogP contribution is 2.17. The van der Waals surface area contributed by atoms with Crippen LogP contribution < -0.4 is 10.6 Å². The Hall–Kier alpha value is -2.56. The van der Waals surface area contributed by atoms with Crippen LogP contribution in [0, 0.1) is 6.92 Å². The number of furan rings is 1. The molecule has 0 aliphatic rings. The third kappa shape index (κ3) is 3.95. The highest BCUT2D eigenvalue weighted by molar-refractivity contribution is 6.05. The lowest BCUT2D eigenvalue weighted by Crippen LogP contribution is -2.13. The van der Waals surface area contributed by atoms with Crippen molar-refractivity contribution >= 4 is 23.2 Å². The van der Waals surface area contributed by atoms with Crippen LogP contribution in [0.3, 0.4) is 0 Å². The molecule has 0 spiro atoms. The van der Waals surface area contributed by atoms with Crippen molar-refractivity contribution in [2.24, 2.45) is 0 Å². The number of amides is 2. The number of nitrogens with one attached hydrogen (secondary N) is 2. The molecule has 0 aliphatic carbocycles. The highest BCUT2D eigenvalue weighted by Gasteiger charge is 2.11. The van der Waals surface area contributed by atoms with Crippen molar-refractivity contribution in [2.45, 2.75) is 26.7 Å². The summed E-state index contributed by atoms with van der Waals surface area (Å²) in [6.07, 6.45) is 2.75. The molecule has 0 fully saturated rings. The lowest BCUT2D eigenvalue weighted by atomic mass is 10.2. The van der Waals surface area contributed by atoms with E-state index < -0.39 is 0 Å². The van der Waals surface area contributed by atoms with Crippen LogP contribution in [0.4, 0.5) is 11.4 Å². The summed E-state index contributed by atoms with van der Waals surface area (Å²) in [6.45, 7) is 3.68. The Morgan fingerprint density at radius 3 is 2.48 bits per heavy atom. The number of hydrogen-bond acceptors (Lipinski definition) is 3. The maximum absolute atomic E-state index is 12.1. The van der Waals surface area contributed by atoms with Crippen LogP contribution in [-0.4, -0.2) is 11.8 Å². The standard InChI is InChI=1S/C16H18N2O3/c1-3-5-15(19)17-12-6-4-7-13(10-12)18-16(20)14-8-9-21-11(14)2/h4,6-10H,3,5H2,1-2H3,(H,17,19)(H,18,20). The second-order valence-electron chi connectivity index (χ2n) is 4.72. The molecule has 2 rings (SSSR count). The average Bonchev–Trinajstić information content (AvgIpc) is 2.85. The van der Waals surface area contributed by atoms with Gasteiger partial charge in [-0.2, -0.15) is 0 Å². The predicted octanol–water partition coefficient (Wildman–Crippen LogP) is 3.58. The first-order chi connectivity index (χ1) is 10.1. The molecule has 1 heterocycles. The summed E-state index contributed by atoms with van der Waals surface area (Å²) in [5, 5.41) is 5.57. The van der Waals surface area contributed by atoms with Crippen molar-refractivity contribution in [3.8, 4) is 0 Å². The van der Waals surface area contributed by atoms with Gasteiger partial charge in [0.05, 0.1) is 11.8 Å². The molecule has 5 heteroatoms. The van der Waals surface area contributed by atoms with Gasteiger partial charge in [0, 0.05) is 17.8 Å². The molecule has 110 valence electrons. The number of hydrogen-bond donors (Lipinski definition) is 2. The van der Waals surface area contributed by atoms with Gasteiger partial charge in [0.2, 0.25) is 5.91 Å². The van der Waals surface area contributed by atoms with Gasteiger partial charge in [-0.05, 0) is 37.6 Å². The van der Waals surface area contributed by atoms with Gasteiger partial charge in [-0.3, -0.25) is 9.59 Å². The third-order valence-corrected chi connectivity index (χ3v) is 2.98. The van der Waals surface area contributed by atoms with Gasteiger partial charge in [0.15, 0.2) is 0 Å². The van der Waals surface area contributed by atoms with Gasteiger partial charge in [-0.15, -0.1) is 0 Å². The van der Waals surface area contributed by atoms with Crippen molar-refractivity contribution in [3.63, 3.8) is 0 Å². The summed E-state index contributed by atoms with van der Waals surface area (Å²) >= 11 is 0. The van der Waals surface area contributed by atoms with Gasteiger partial charge in [-0.25, -0.2) is 0 Å². The summed E-state index contributed by atoms with van der Waals surface area (Å²) in [5.74, 6) is 0.296. The molecular formula is C16H18N2O3. The topological polar surface area (TPSA) is 71.3 Å². The van der Waals surface area contributed by atoms with Crippen LogP contribution in [0.1, 0.15) is 35.9 Å². The van der Waals surface area contributed by atoms with Crippen molar-refractivity contribution in [3.05, 3.63) is 47.9 Å². The fourth-order valence-electron chi connectivity index (χ4n) is 1.94. The van der Waals surface area contributed by atoms with Gasteiger partial charge in [0.25, 0.3) is 5.91 Å². The lowest BCUT2D eigenvalue weighted by molar-refractivity contribution is -0.116. The minimum atomic E-state index is -0.238. The first-order valence-corrected chi connectivity index (χ1v) is 6.85. The number of carbonyl (C=O) groups is 2. The molecule has 21 heavy (non-hydrogen) atoms. The van der Waals surface area contributed by atoms with E-state index in [2.05, 4.69) is 10.6 Å². The maximum atomic E-state index is 12.1. The van der Waals surface area contributed by atoms with Gasteiger partial charge >= 0.3 is 0 Å². The zero-order valence-electron chi connectivity index (χ0n) is 12.1. The first kappa shape index (κ1) is 14.8. The van der Waals surface area contributed by atoms with E-state index in [9.17, 15) is 9.59 Å². The van der Waals surface area contributed by atoms with Crippen molar-refractivity contribution < 1.29 is 14.0 Å². The number of anilines is 2. The highest BCUT2D eigenvalue weighted by atomic mass is 16.3. The Bertz CT molecular complexity index is 646. The molecule has 0 aliphatic heterocycles. The summed E-state index contributed by atoms with van der Waals surface area (Å²) in [6, 6.07) is 8.67. The molecule has 2 N–H and O–H groups in total. The Morgan fingerprint density at radius 1 is 1.14 bits per heavy atom. The van der Waals surface area contributed by atoms with E-state index in [0.29, 0.717) is 29.1 Å². The Morgan fingerprint density at radius 2 is 1.86 bits per heavy atom. The molecule has 0 unspecified atom stereocenters. The molecule has 2 amide bonds. The molecule has 5 nitrogen and oxygen atoms in total. The summed E-state index contributed by atoms with van der Waals surface area (Å²) < 4.78 is 5.11. The fraction of sp³-hybridized carbons (Fsp3) is 0.250. The van der Waals surface area contributed by atoms with Gasteiger partial charge in [-0.1, -0.05) is 13.0 Å². The van der Waals surface area contributed by atoms with E-state index >= 15 is 0 Å². The fourth-order valence-corrected chi connectivity index (χ4v) is 1.94. The van der Waals surface area contributed by atoms with E-state index in [-0.39, 0.29) is 11.8 Å². The zero-order valence-corrected chi connectivity index (χ0v) is 12.1. The van der Waals surface area contributed by atoms with Crippen molar-refractivity contribution in [1.82, 2.24) is 0 Å². The number of benzene rings is 1. The van der Waals surface area contributed by atoms with Crippen LogP contribution in [0.2, 0.25) is 0 Å². The molecule has 0 saturated carbocycles. The molecule has 0 saturated heterocycles. The molecule has 0 radical (unpaired) electrons. The zero-order chi connectivity index (χ0) is 15.2. The minimum absolute atomic E-state index is 0.0355. The third-order valence-electron chi connectivity index (χ3n) is 2.98. The maximum Gasteiger partial charge on any atom is 0.259 e. The largest absolute Gasteiger partial charge is 0.469 e. The Kier molecular flexibility index (Phi) is 4.77. The summed E-state index contributed by atoms with van der Waals surface area (Å²) in [7, 11) is 0. The normalized spacial score (nSPS) is 10.2. The number of rotatable bonds is 5. The second kappa shape index (κ2) is 6.74. The number of carbonyl (C=O) groups excluding carboxylic acids is 2. The summed E-state index contributed by atoms with van der Waals surface area (Å²) in [4.78, 5) is 23.6. The minimum Gasteiger partial charge on any atom is -0.469 e. The van der Waals surface area contributed by atoms with Crippen LogP contribution in [0.5, 0.6) is 0 Å². The second-order valence-corrected chi connectivity index (χ2v) is 4.72. The predicted molar refractivity (Wildman–Crippen MR) is 81.4 cm³/mol. The average molecular weight is 286 g/mol. The van der Waals surface area contributed by atoms with E-state index in [0.717, 1.165) is 6.42 Å². The van der Waals surface area contributed by atoms with Gasteiger partial charge in [0.1, 0.15) is 5.76 Å². The van der Waals surface area contributed by atoms with E-state index in [4.69, 9.17) is 4.42 Å². The molecule has 1 aromatic carbocycles. The monoisotopic (exact) mass is 286 g/mol. The van der Waals surface area contributed by atoms with Crippen LogP contribution >= 0.6 is 0 Å². The van der Waals surface area contributed by atoms with Crippen LogP contribution in [0.15, 0.2) is 41.0 Å². The quantitative estimate of drug-likeness (QED) is 0.882. The van der Waals surface area contributed by atoms with Crippen LogP contribution in [-0.2, 0) is 4.79 Å². The summed E-state index contributed by atoms with van der Waals surface area (Å²) in [5.41, 5.74) is 1.78. The number of aryl methyl sites for hydroxylation is 1. The van der Waals surface area contributed by atoms with E-state index in [1.807, 2.05) is 6.92 Å².